The van der Waals surface area contributed by atoms with Crippen LogP contribution in [0.3, 0.4) is 0 Å². The minimum Gasteiger partial charge on any atom is -0.493 e. The number of hydrogen-bond acceptors (Lipinski definition) is 5. The predicted octanol–water partition coefficient (Wildman–Crippen LogP) is 3.72. The summed E-state index contributed by atoms with van der Waals surface area (Å²) in [6, 6.07) is 8.79. The lowest BCUT2D eigenvalue weighted by molar-refractivity contribution is -0.143. The fraction of sp³-hybridized carbons (Fsp3) is 0.211. The molecule has 0 saturated heterocycles. The monoisotopic (exact) mass is 424 g/mol. The van der Waals surface area contributed by atoms with Crippen molar-refractivity contribution in [3.8, 4) is 17.2 Å². The van der Waals surface area contributed by atoms with Crippen LogP contribution in [0.1, 0.15) is 16.2 Å². The van der Waals surface area contributed by atoms with Gasteiger partial charge in [0.1, 0.15) is 5.82 Å². The number of benzene rings is 2. The third-order valence-corrected chi connectivity index (χ3v) is 4.25. The molecule has 1 heterocycles. The Morgan fingerprint density at radius 2 is 1.77 bits per heavy atom. The summed E-state index contributed by atoms with van der Waals surface area (Å²) in [5.41, 5.74) is -2.32. The second-order valence-electron chi connectivity index (χ2n) is 6.08. The zero-order valence-corrected chi connectivity index (χ0v) is 16.1. The number of carbonyl (C=O) groups is 1. The van der Waals surface area contributed by atoms with Gasteiger partial charge in [0.05, 0.1) is 19.9 Å². The first-order chi connectivity index (χ1) is 14.2. The first-order valence-corrected chi connectivity index (χ1v) is 8.46. The van der Waals surface area contributed by atoms with E-state index in [1.54, 1.807) is 0 Å². The molecule has 0 bridgehead atoms. The van der Waals surface area contributed by atoms with Gasteiger partial charge in [0.25, 0.3) is 5.91 Å². The first-order valence-electron chi connectivity index (χ1n) is 8.46. The average Bonchev–Trinajstić information content (AvgIpc) is 3.18. The van der Waals surface area contributed by atoms with Gasteiger partial charge in [0.15, 0.2) is 22.9 Å². The minimum absolute atomic E-state index is 0.220. The number of carbonyl (C=O) groups excluding carboxylic acids is 1. The summed E-state index contributed by atoms with van der Waals surface area (Å²) in [4.78, 5) is 13.8. The number of methoxy groups -OCH3 is 2. The zero-order valence-electron chi connectivity index (χ0n) is 16.1. The molecule has 2 aromatic carbocycles. The zero-order chi connectivity index (χ0) is 22.1. The number of hydrogen-bond donors (Lipinski definition) is 0. The summed E-state index contributed by atoms with van der Waals surface area (Å²) in [6.07, 6.45) is -4.97. The van der Waals surface area contributed by atoms with E-state index in [4.69, 9.17) is 9.47 Å². The second-order valence-corrected chi connectivity index (χ2v) is 6.08. The molecule has 7 nitrogen and oxygen atoms in total. The molecule has 0 aliphatic heterocycles. The molecule has 30 heavy (non-hydrogen) atoms. The molecule has 0 atom stereocenters. The maximum Gasteiger partial charge on any atom is 0.435 e. The van der Waals surface area contributed by atoms with Crippen LogP contribution in [0, 0.1) is 5.82 Å². The van der Waals surface area contributed by atoms with Gasteiger partial charge in [-0.05, 0) is 30.3 Å². The van der Waals surface area contributed by atoms with E-state index in [9.17, 15) is 22.4 Å². The van der Waals surface area contributed by atoms with Crippen LogP contribution in [0.4, 0.5) is 23.2 Å². The van der Waals surface area contributed by atoms with E-state index < -0.39 is 29.3 Å². The molecule has 0 unspecified atom stereocenters. The normalized spacial score (nSPS) is 11.3. The van der Waals surface area contributed by atoms with Crippen molar-refractivity contribution in [1.82, 2.24) is 15.0 Å². The number of halogens is 4. The van der Waals surface area contributed by atoms with E-state index in [0.29, 0.717) is 10.4 Å². The van der Waals surface area contributed by atoms with E-state index in [1.807, 2.05) is 0 Å². The molecule has 0 aliphatic carbocycles. The topological polar surface area (TPSA) is 69.5 Å². The van der Waals surface area contributed by atoms with Crippen molar-refractivity contribution in [3.63, 3.8) is 0 Å². The van der Waals surface area contributed by atoms with Crippen LogP contribution in [0.5, 0.6) is 11.5 Å². The van der Waals surface area contributed by atoms with Crippen LogP contribution in [-0.2, 0) is 6.18 Å². The summed E-state index contributed by atoms with van der Waals surface area (Å²) in [5.74, 6) is -1.15. The van der Waals surface area contributed by atoms with Crippen molar-refractivity contribution in [2.75, 3.05) is 26.2 Å². The molecule has 3 aromatic rings. The number of ether oxygens (including phenoxy) is 2. The molecule has 0 spiro atoms. The maximum absolute atomic E-state index is 13.8. The van der Waals surface area contributed by atoms with Crippen molar-refractivity contribution >= 4 is 11.6 Å². The highest BCUT2D eigenvalue weighted by molar-refractivity contribution is 6.05. The fourth-order valence-corrected chi connectivity index (χ4v) is 2.78. The highest BCUT2D eigenvalue weighted by Crippen LogP contribution is 2.35. The Balaban J connectivity index is 2.06. The largest absolute Gasteiger partial charge is 0.493 e. The first kappa shape index (κ1) is 21.1. The predicted molar refractivity (Wildman–Crippen MR) is 98.6 cm³/mol. The molecule has 0 radical (unpaired) electrons. The third-order valence-electron chi connectivity index (χ3n) is 4.25. The van der Waals surface area contributed by atoms with Gasteiger partial charge in [-0.2, -0.15) is 13.2 Å². The van der Waals surface area contributed by atoms with Crippen LogP contribution in [-0.4, -0.2) is 42.2 Å². The number of amides is 1. The molecule has 0 saturated carbocycles. The lowest BCUT2D eigenvalue weighted by Gasteiger charge is -2.19. The van der Waals surface area contributed by atoms with Crippen LogP contribution in [0.15, 0.2) is 42.5 Å². The van der Waals surface area contributed by atoms with Crippen molar-refractivity contribution in [1.29, 1.82) is 0 Å². The van der Waals surface area contributed by atoms with Crippen molar-refractivity contribution < 1.29 is 31.8 Å². The van der Waals surface area contributed by atoms with Crippen molar-refractivity contribution in [2.24, 2.45) is 0 Å². The molecule has 3 rings (SSSR count). The lowest BCUT2D eigenvalue weighted by Crippen LogP contribution is -2.29. The van der Waals surface area contributed by atoms with Gasteiger partial charge in [0, 0.05) is 18.8 Å². The third kappa shape index (κ3) is 3.91. The van der Waals surface area contributed by atoms with E-state index in [1.165, 1.54) is 51.6 Å². The lowest BCUT2D eigenvalue weighted by atomic mass is 10.2. The Hall–Kier alpha value is -3.63. The van der Waals surface area contributed by atoms with Gasteiger partial charge in [-0.3, -0.25) is 4.79 Å². The molecule has 158 valence electrons. The van der Waals surface area contributed by atoms with E-state index in [0.717, 1.165) is 17.0 Å². The number of rotatable bonds is 5. The minimum atomic E-state index is -4.97. The van der Waals surface area contributed by atoms with Gasteiger partial charge >= 0.3 is 6.18 Å². The summed E-state index contributed by atoms with van der Waals surface area (Å²) in [5, 5.41) is 6.87. The number of aromatic nitrogens is 3. The Morgan fingerprint density at radius 1 is 1.07 bits per heavy atom. The van der Waals surface area contributed by atoms with Crippen LogP contribution < -0.4 is 14.4 Å². The van der Waals surface area contributed by atoms with Gasteiger partial charge in [0.2, 0.25) is 0 Å². The maximum atomic E-state index is 13.8. The van der Waals surface area contributed by atoms with E-state index >= 15 is 0 Å². The Bertz CT molecular complexity index is 1080. The molecule has 11 heteroatoms. The Labute approximate surface area is 168 Å². The van der Waals surface area contributed by atoms with Gasteiger partial charge in [-0.25, -0.2) is 9.07 Å². The Kier molecular flexibility index (Phi) is 5.63. The fourth-order valence-electron chi connectivity index (χ4n) is 2.78. The van der Waals surface area contributed by atoms with Crippen LogP contribution >= 0.6 is 0 Å². The SMILES string of the molecule is COc1ccc(N(C)C(=O)c2nnn(-c3cccc(F)c3)c2C(F)(F)F)cc1OC. The molecular formula is C19H16F4N4O3. The van der Waals surface area contributed by atoms with Gasteiger partial charge in [-0.1, -0.05) is 11.3 Å². The average molecular weight is 424 g/mol. The van der Waals surface area contributed by atoms with E-state index in [-0.39, 0.29) is 17.1 Å². The summed E-state index contributed by atoms with van der Waals surface area (Å²) in [7, 11) is 4.09. The highest BCUT2D eigenvalue weighted by atomic mass is 19.4. The quantitative estimate of drug-likeness (QED) is 0.584. The molecule has 1 aromatic heterocycles. The summed E-state index contributed by atoms with van der Waals surface area (Å²) < 4.78 is 65.4. The second kappa shape index (κ2) is 8.01. The van der Waals surface area contributed by atoms with Gasteiger partial charge in [-0.15, -0.1) is 5.10 Å². The highest BCUT2D eigenvalue weighted by Gasteiger charge is 2.42. The standard InChI is InChI=1S/C19H16F4N4O3/c1-26(12-7-8-14(29-2)15(10-12)30-3)18(28)16-17(19(21,22)23)27(25-24-16)13-6-4-5-11(20)9-13/h4-10H,1-3H3. The molecule has 0 N–H and O–H groups in total. The smallest absolute Gasteiger partial charge is 0.435 e. The molecular weight excluding hydrogens is 408 g/mol. The molecule has 0 fully saturated rings. The van der Waals surface area contributed by atoms with Crippen LogP contribution in [0.2, 0.25) is 0 Å². The van der Waals surface area contributed by atoms with Gasteiger partial charge < -0.3 is 14.4 Å². The molecule has 1 amide bonds. The number of nitrogens with zero attached hydrogens (tertiary/aromatic N) is 4. The summed E-state index contributed by atoms with van der Waals surface area (Å²) in [6.45, 7) is 0. The number of anilines is 1. The van der Waals surface area contributed by atoms with Crippen LogP contribution in [0.25, 0.3) is 5.69 Å². The number of alkyl halides is 3. The van der Waals surface area contributed by atoms with Crippen molar-refractivity contribution in [3.05, 3.63) is 59.7 Å². The Morgan fingerprint density at radius 3 is 2.37 bits per heavy atom. The summed E-state index contributed by atoms with van der Waals surface area (Å²) >= 11 is 0. The van der Waals surface area contributed by atoms with Crippen molar-refractivity contribution in [2.45, 2.75) is 6.18 Å². The molecule has 0 aliphatic rings. The van der Waals surface area contributed by atoms with E-state index in [2.05, 4.69) is 10.3 Å².